The van der Waals surface area contributed by atoms with E-state index in [2.05, 4.69) is 33.7 Å². The minimum Gasteiger partial charge on any atom is -0.352 e. The first kappa shape index (κ1) is 32.2. The molecule has 3 heterocycles. The largest absolute Gasteiger partial charge is 0.419 e. The van der Waals surface area contributed by atoms with Crippen molar-refractivity contribution in [1.29, 1.82) is 5.26 Å². The van der Waals surface area contributed by atoms with E-state index < -0.39 is 40.6 Å². The zero-order valence-corrected chi connectivity index (χ0v) is 24.8. The summed E-state index contributed by atoms with van der Waals surface area (Å²) < 4.78 is 55.2. The van der Waals surface area contributed by atoms with Crippen molar-refractivity contribution in [2.45, 2.75) is 44.3 Å². The van der Waals surface area contributed by atoms with Crippen LogP contribution in [0, 0.1) is 11.3 Å². The van der Waals surface area contributed by atoms with Gasteiger partial charge in [-0.3, -0.25) is 14.5 Å². The zero-order valence-electron chi connectivity index (χ0n) is 24.0. The van der Waals surface area contributed by atoms with Gasteiger partial charge >= 0.3 is 6.18 Å². The van der Waals surface area contributed by atoms with Crippen molar-refractivity contribution >= 4 is 34.8 Å². The third-order valence-electron chi connectivity index (χ3n) is 8.01. The molecule has 230 valence electrons. The Balaban J connectivity index is 1.47. The Morgan fingerprint density at radius 3 is 2.49 bits per heavy atom. The molecule has 43 heavy (non-hydrogen) atoms. The molecule has 1 aromatic rings. The van der Waals surface area contributed by atoms with Gasteiger partial charge in [0.25, 0.3) is 11.8 Å². The van der Waals surface area contributed by atoms with Crippen LogP contribution >= 0.6 is 12.2 Å². The van der Waals surface area contributed by atoms with Crippen molar-refractivity contribution in [3.05, 3.63) is 59.3 Å². The van der Waals surface area contributed by atoms with Crippen LogP contribution in [0.1, 0.15) is 43.9 Å². The molecule has 2 aliphatic heterocycles. The highest BCUT2D eigenvalue weighted by atomic mass is 32.1. The number of nitrogens with one attached hydrogen (secondary N) is 1. The number of anilines is 1. The van der Waals surface area contributed by atoms with Crippen LogP contribution in [0.4, 0.5) is 23.2 Å². The number of rotatable bonds is 9. The fraction of sp³-hybridized carbons (Fsp3) is 0.483. The van der Waals surface area contributed by atoms with Gasteiger partial charge in [-0.1, -0.05) is 6.58 Å². The van der Waals surface area contributed by atoms with Gasteiger partial charge in [-0.15, -0.1) is 0 Å². The Morgan fingerprint density at radius 2 is 1.93 bits per heavy atom. The molecule has 1 aromatic heterocycles. The molecule has 3 aliphatic rings. The number of nitrogens with zero attached hydrogens (tertiary/aromatic N) is 6. The SMILES string of the molecule is C=C(/C=C\C(C(=O)NCCCN1CCN(C)CC1)=C(/C)F)N1C(=S)N(c2cnc(C#N)c(C(F)(F)F)c2)C(=O)C12CCC2. The highest BCUT2D eigenvalue weighted by molar-refractivity contribution is 7.80. The van der Waals surface area contributed by atoms with Crippen molar-refractivity contribution in [1.82, 2.24) is 25.0 Å². The van der Waals surface area contributed by atoms with E-state index >= 15 is 0 Å². The second-order valence-electron chi connectivity index (χ2n) is 10.9. The summed E-state index contributed by atoms with van der Waals surface area (Å²) in [6.45, 7) is 10.2. The number of carbonyl (C=O) groups excluding carboxylic acids is 2. The molecule has 1 saturated carbocycles. The van der Waals surface area contributed by atoms with Crippen LogP contribution < -0.4 is 10.2 Å². The number of hydrogen-bond acceptors (Lipinski definition) is 7. The van der Waals surface area contributed by atoms with Crippen LogP contribution in [0.5, 0.6) is 0 Å². The number of alkyl halides is 3. The smallest absolute Gasteiger partial charge is 0.352 e. The number of nitriles is 1. The molecule has 0 bridgehead atoms. The van der Waals surface area contributed by atoms with E-state index in [1.165, 1.54) is 23.1 Å². The molecular formula is C29H33F4N7O2S. The average molecular weight is 620 g/mol. The van der Waals surface area contributed by atoms with Crippen LogP contribution in [0.15, 0.2) is 48.1 Å². The standard InChI is InChI=1S/C29H33F4N7O2S/c1-19(6-7-22(20(2)30)25(41)35-10-5-11-38-14-12-37(3)13-15-38)40-27(43)39(26(42)28(40)8-4-9-28)21-16-23(29(31,32)33)24(17-34)36-18-21/h6-7,16,18H,1,4-5,8-15H2,2-3H3,(H,35,41)/b7-6-,22-20-. The maximum Gasteiger partial charge on any atom is 0.419 e. The van der Waals surface area contributed by atoms with E-state index in [-0.39, 0.29) is 22.1 Å². The quantitative estimate of drug-likeness (QED) is 0.146. The number of amides is 2. The second kappa shape index (κ2) is 12.9. The Morgan fingerprint density at radius 1 is 1.26 bits per heavy atom. The van der Waals surface area contributed by atoms with Gasteiger partial charge in [0.05, 0.1) is 23.0 Å². The maximum absolute atomic E-state index is 14.4. The van der Waals surface area contributed by atoms with Crippen LogP contribution in [0.3, 0.4) is 0 Å². The summed E-state index contributed by atoms with van der Waals surface area (Å²) in [5.74, 6) is -1.87. The first-order chi connectivity index (χ1) is 20.3. The Labute approximate surface area is 253 Å². The van der Waals surface area contributed by atoms with Gasteiger partial charge in [0, 0.05) is 38.4 Å². The molecule has 1 spiro atoms. The number of carbonyl (C=O) groups is 2. The molecule has 4 rings (SSSR count). The third kappa shape index (κ3) is 6.63. The second-order valence-corrected chi connectivity index (χ2v) is 11.2. The molecule has 1 aliphatic carbocycles. The van der Waals surface area contributed by atoms with Crippen LogP contribution in [0.2, 0.25) is 0 Å². The summed E-state index contributed by atoms with van der Waals surface area (Å²) in [4.78, 5) is 37.0. The van der Waals surface area contributed by atoms with Gasteiger partial charge in [-0.2, -0.15) is 18.4 Å². The predicted molar refractivity (Wildman–Crippen MR) is 156 cm³/mol. The van der Waals surface area contributed by atoms with E-state index in [4.69, 9.17) is 17.5 Å². The number of thiocarbonyl (C=S) groups is 1. The van der Waals surface area contributed by atoms with E-state index in [9.17, 15) is 27.2 Å². The topological polar surface area (TPSA) is 95.8 Å². The lowest BCUT2D eigenvalue weighted by molar-refractivity contribution is -0.138. The number of allylic oxidation sites excluding steroid dienone is 2. The number of likely N-dealkylation sites (N-methyl/N-ethyl adjacent to an activating group) is 1. The van der Waals surface area contributed by atoms with Gasteiger partial charge in [0.2, 0.25) is 0 Å². The van der Waals surface area contributed by atoms with Crippen LogP contribution in [-0.2, 0) is 15.8 Å². The first-order valence-corrected chi connectivity index (χ1v) is 14.3. The molecule has 0 aromatic carbocycles. The van der Waals surface area contributed by atoms with Crippen molar-refractivity contribution in [3.8, 4) is 6.07 Å². The van der Waals surface area contributed by atoms with E-state index in [0.717, 1.165) is 50.7 Å². The third-order valence-corrected chi connectivity index (χ3v) is 8.38. The van der Waals surface area contributed by atoms with Crippen LogP contribution in [0.25, 0.3) is 0 Å². The number of piperazine rings is 1. The summed E-state index contributed by atoms with van der Waals surface area (Å²) in [5, 5.41) is 11.7. The molecule has 3 fully saturated rings. The summed E-state index contributed by atoms with van der Waals surface area (Å²) in [6, 6.07) is 2.09. The summed E-state index contributed by atoms with van der Waals surface area (Å²) in [7, 11) is 2.07. The molecule has 2 amide bonds. The van der Waals surface area contributed by atoms with Gasteiger partial charge in [-0.05, 0) is 76.6 Å². The maximum atomic E-state index is 14.4. The molecule has 0 atom stereocenters. The Bertz CT molecular complexity index is 1400. The number of aromatic nitrogens is 1. The lowest BCUT2D eigenvalue weighted by atomic mass is 9.75. The van der Waals surface area contributed by atoms with Gasteiger partial charge in [0.1, 0.15) is 17.4 Å². The Hall–Kier alpha value is -3.67. The minimum absolute atomic E-state index is 0.130. The van der Waals surface area contributed by atoms with Gasteiger partial charge < -0.3 is 20.0 Å². The number of halogens is 4. The Kier molecular flexibility index (Phi) is 9.68. The van der Waals surface area contributed by atoms with Crippen molar-refractivity contribution in [2.24, 2.45) is 0 Å². The van der Waals surface area contributed by atoms with E-state index in [1.807, 2.05) is 0 Å². The molecule has 0 unspecified atom stereocenters. The van der Waals surface area contributed by atoms with Gasteiger partial charge in [0.15, 0.2) is 10.8 Å². The minimum atomic E-state index is -4.88. The fourth-order valence-corrected chi connectivity index (χ4v) is 5.88. The lowest BCUT2D eigenvalue weighted by Crippen LogP contribution is -2.54. The fourth-order valence-electron chi connectivity index (χ4n) is 5.40. The highest BCUT2D eigenvalue weighted by Crippen LogP contribution is 2.48. The highest BCUT2D eigenvalue weighted by Gasteiger charge is 2.59. The molecule has 14 heteroatoms. The zero-order chi connectivity index (χ0) is 31.5. The summed E-state index contributed by atoms with van der Waals surface area (Å²) in [5.41, 5.74) is -3.57. The summed E-state index contributed by atoms with van der Waals surface area (Å²) in [6.07, 6.45) is 0.829. The molecule has 1 N–H and O–H groups in total. The molecule has 0 radical (unpaired) electrons. The van der Waals surface area contributed by atoms with Crippen LogP contribution in [-0.4, -0.2) is 88.5 Å². The predicted octanol–water partition coefficient (Wildman–Crippen LogP) is 3.90. The average Bonchev–Trinajstić information content (AvgIpc) is 3.17. The van der Waals surface area contributed by atoms with E-state index in [1.54, 1.807) is 0 Å². The normalized spacial score (nSPS) is 19.9. The number of pyridine rings is 1. The van der Waals surface area contributed by atoms with E-state index in [0.29, 0.717) is 38.3 Å². The molecule has 2 saturated heterocycles. The molecular weight excluding hydrogens is 586 g/mol. The monoisotopic (exact) mass is 619 g/mol. The first-order valence-electron chi connectivity index (χ1n) is 13.9. The van der Waals surface area contributed by atoms with Gasteiger partial charge in [-0.25, -0.2) is 9.37 Å². The van der Waals surface area contributed by atoms with Crippen molar-refractivity contribution in [3.63, 3.8) is 0 Å². The number of hydrogen-bond donors (Lipinski definition) is 1. The molecule has 9 nitrogen and oxygen atoms in total. The lowest BCUT2D eigenvalue weighted by Gasteiger charge is -2.43. The van der Waals surface area contributed by atoms with Crippen molar-refractivity contribution in [2.75, 3.05) is 51.2 Å². The van der Waals surface area contributed by atoms with Crippen molar-refractivity contribution < 1.29 is 27.2 Å². The summed E-state index contributed by atoms with van der Waals surface area (Å²) >= 11 is 5.55.